The maximum atomic E-state index is 3.52. The second kappa shape index (κ2) is 5.01. The van der Waals surface area contributed by atoms with E-state index in [0.29, 0.717) is 0 Å². The molecule has 0 atom stereocenters. The number of para-hydroxylation sites is 2. The molecule has 18 heavy (non-hydrogen) atoms. The summed E-state index contributed by atoms with van der Waals surface area (Å²) in [6.45, 7) is 5.56. The predicted molar refractivity (Wildman–Crippen MR) is 74.8 cm³/mol. The van der Waals surface area contributed by atoms with Crippen LogP contribution in [0, 0.1) is 0 Å². The minimum absolute atomic E-state index is 1.06. The summed E-state index contributed by atoms with van der Waals surface area (Å²) in [7, 11) is 0. The Labute approximate surface area is 108 Å². The molecule has 1 aromatic heterocycles. The quantitative estimate of drug-likeness (QED) is 0.633. The molecular formula is C15H22N3+. The predicted octanol–water partition coefficient (Wildman–Crippen LogP) is 2.93. The van der Waals surface area contributed by atoms with Crippen LogP contribution >= 0.6 is 0 Å². The van der Waals surface area contributed by atoms with Crippen LogP contribution in [-0.4, -0.2) is 11.1 Å². The number of unbranched alkanes of at least 4 members (excludes halogenated alkanes) is 3. The van der Waals surface area contributed by atoms with Gasteiger partial charge in [0.05, 0.1) is 13.1 Å². The van der Waals surface area contributed by atoms with E-state index in [1.54, 1.807) is 0 Å². The van der Waals surface area contributed by atoms with Crippen molar-refractivity contribution in [3.05, 3.63) is 24.3 Å². The number of nitrogens with zero attached hydrogens (tertiary/aromatic N) is 2. The first-order chi connectivity index (χ1) is 8.92. The van der Waals surface area contributed by atoms with E-state index in [0.717, 1.165) is 19.6 Å². The minimum atomic E-state index is 1.06. The van der Waals surface area contributed by atoms with Crippen LogP contribution < -0.4 is 9.88 Å². The van der Waals surface area contributed by atoms with E-state index < -0.39 is 0 Å². The van der Waals surface area contributed by atoms with Crippen molar-refractivity contribution in [3.8, 4) is 0 Å². The topological polar surface area (TPSA) is 20.8 Å². The lowest BCUT2D eigenvalue weighted by molar-refractivity contribution is -0.644. The summed E-state index contributed by atoms with van der Waals surface area (Å²) in [5.74, 6) is 1.30. The van der Waals surface area contributed by atoms with E-state index in [1.807, 2.05) is 0 Å². The summed E-state index contributed by atoms with van der Waals surface area (Å²) in [6.07, 6.45) is 5.27. The standard InChI is InChI=1S/C15H21N3/c1-2-3-4-7-11-17-13-8-5-6-9-14(13)18-12-10-16-15(17)18/h5-6,8-9H,2-4,7,10-12H2,1H3/p+1. The van der Waals surface area contributed by atoms with Gasteiger partial charge >= 0.3 is 5.95 Å². The molecule has 1 N–H and O–H groups in total. The van der Waals surface area contributed by atoms with Gasteiger partial charge in [0.1, 0.15) is 17.6 Å². The monoisotopic (exact) mass is 244 g/mol. The van der Waals surface area contributed by atoms with Crippen molar-refractivity contribution in [1.82, 2.24) is 4.57 Å². The fourth-order valence-electron chi connectivity index (χ4n) is 2.91. The molecule has 1 aliphatic rings. The summed E-state index contributed by atoms with van der Waals surface area (Å²) >= 11 is 0. The summed E-state index contributed by atoms with van der Waals surface area (Å²) in [5, 5.41) is 3.52. The Bertz CT molecular complexity index is 542. The highest BCUT2D eigenvalue weighted by Gasteiger charge is 2.27. The molecule has 0 fully saturated rings. The second-order valence-corrected chi connectivity index (χ2v) is 5.10. The molecule has 0 amide bonds. The van der Waals surface area contributed by atoms with Crippen molar-refractivity contribution in [3.63, 3.8) is 0 Å². The molecular weight excluding hydrogens is 222 g/mol. The summed E-state index contributed by atoms with van der Waals surface area (Å²) < 4.78 is 4.87. The molecule has 3 nitrogen and oxygen atoms in total. The Morgan fingerprint density at radius 2 is 2.11 bits per heavy atom. The Morgan fingerprint density at radius 3 is 3.00 bits per heavy atom. The van der Waals surface area contributed by atoms with Crippen molar-refractivity contribution in [2.45, 2.75) is 45.7 Å². The lowest BCUT2D eigenvalue weighted by Crippen LogP contribution is -2.29. The average Bonchev–Trinajstić information content (AvgIpc) is 2.97. The van der Waals surface area contributed by atoms with Gasteiger partial charge in [0.25, 0.3) is 0 Å². The largest absolute Gasteiger partial charge is 0.358 e. The molecule has 0 saturated heterocycles. The number of hydrogen-bond donors (Lipinski definition) is 1. The zero-order valence-corrected chi connectivity index (χ0v) is 11.2. The van der Waals surface area contributed by atoms with Gasteiger partial charge in [-0.05, 0) is 18.6 Å². The second-order valence-electron chi connectivity index (χ2n) is 5.10. The van der Waals surface area contributed by atoms with Gasteiger partial charge in [-0.3, -0.25) is 5.32 Å². The smallest absolute Gasteiger partial charge is 0.274 e. The Kier molecular flexibility index (Phi) is 3.22. The van der Waals surface area contributed by atoms with Crippen LogP contribution in [0.2, 0.25) is 0 Å². The van der Waals surface area contributed by atoms with Crippen molar-refractivity contribution < 1.29 is 4.57 Å². The van der Waals surface area contributed by atoms with Gasteiger partial charge < -0.3 is 0 Å². The third-order valence-corrected chi connectivity index (χ3v) is 3.83. The van der Waals surface area contributed by atoms with Crippen LogP contribution in [0.3, 0.4) is 0 Å². The number of hydrogen-bond acceptors (Lipinski definition) is 1. The SMILES string of the molecule is CCCCCCn1c2[n+](c3ccccc31)CCN2. The van der Waals surface area contributed by atoms with E-state index in [4.69, 9.17) is 0 Å². The van der Waals surface area contributed by atoms with Gasteiger partial charge in [0, 0.05) is 0 Å². The molecule has 0 bridgehead atoms. The van der Waals surface area contributed by atoms with Gasteiger partial charge in [-0.2, -0.15) is 0 Å². The van der Waals surface area contributed by atoms with Crippen LogP contribution in [0.1, 0.15) is 32.6 Å². The molecule has 3 rings (SSSR count). The van der Waals surface area contributed by atoms with Crippen molar-refractivity contribution in [2.75, 3.05) is 11.9 Å². The molecule has 2 heterocycles. The molecule has 0 spiro atoms. The van der Waals surface area contributed by atoms with Gasteiger partial charge in [0.15, 0.2) is 0 Å². The third kappa shape index (κ3) is 1.88. The fourth-order valence-corrected chi connectivity index (χ4v) is 2.91. The number of aromatic nitrogens is 2. The number of nitrogens with one attached hydrogen (secondary N) is 1. The molecule has 3 heteroatoms. The first kappa shape index (κ1) is 11.6. The van der Waals surface area contributed by atoms with Crippen LogP contribution in [-0.2, 0) is 13.1 Å². The van der Waals surface area contributed by atoms with E-state index in [2.05, 4.69) is 45.6 Å². The van der Waals surface area contributed by atoms with E-state index in [9.17, 15) is 0 Å². The minimum Gasteiger partial charge on any atom is -0.274 e. The molecule has 96 valence electrons. The number of benzene rings is 1. The Balaban J connectivity index is 1.90. The number of aryl methyl sites for hydroxylation is 1. The molecule has 2 aromatic rings. The van der Waals surface area contributed by atoms with Gasteiger partial charge in [-0.1, -0.05) is 38.3 Å². The number of fused-ring (bicyclic) bond motifs is 3. The molecule has 0 saturated carbocycles. The lowest BCUT2D eigenvalue weighted by Gasteiger charge is -2.02. The molecule has 1 aromatic carbocycles. The van der Waals surface area contributed by atoms with Gasteiger partial charge in [0.2, 0.25) is 0 Å². The molecule has 0 radical (unpaired) electrons. The van der Waals surface area contributed by atoms with Gasteiger partial charge in [-0.25, -0.2) is 9.13 Å². The third-order valence-electron chi connectivity index (χ3n) is 3.83. The van der Waals surface area contributed by atoms with Crippen LogP contribution in [0.15, 0.2) is 24.3 Å². The van der Waals surface area contributed by atoms with E-state index in [1.165, 1.54) is 42.7 Å². The maximum absolute atomic E-state index is 3.52. The van der Waals surface area contributed by atoms with Crippen molar-refractivity contribution >= 4 is 17.0 Å². The number of anilines is 1. The van der Waals surface area contributed by atoms with E-state index in [-0.39, 0.29) is 0 Å². The Hall–Kier alpha value is -1.51. The van der Waals surface area contributed by atoms with E-state index >= 15 is 0 Å². The summed E-state index contributed by atoms with van der Waals surface area (Å²) in [6, 6.07) is 8.74. The van der Waals surface area contributed by atoms with Crippen molar-refractivity contribution in [2.24, 2.45) is 0 Å². The maximum Gasteiger partial charge on any atom is 0.358 e. The first-order valence-corrected chi connectivity index (χ1v) is 7.16. The van der Waals surface area contributed by atoms with Gasteiger partial charge in [-0.15, -0.1) is 0 Å². The van der Waals surface area contributed by atoms with Crippen LogP contribution in [0.4, 0.5) is 5.95 Å². The van der Waals surface area contributed by atoms with Crippen LogP contribution in [0.5, 0.6) is 0 Å². The number of imidazole rings is 1. The lowest BCUT2D eigenvalue weighted by atomic mass is 10.2. The zero-order chi connectivity index (χ0) is 12.4. The highest BCUT2D eigenvalue weighted by molar-refractivity contribution is 5.74. The summed E-state index contributed by atoms with van der Waals surface area (Å²) in [4.78, 5) is 0. The number of rotatable bonds is 5. The normalized spacial score (nSPS) is 13.8. The van der Waals surface area contributed by atoms with Crippen LogP contribution in [0.25, 0.3) is 11.0 Å². The fraction of sp³-hybridized carbons (Fsp3) is 0.533. The van der Waals surface area contributed by atoms with Crippen molar-refractivity contribution in [1.29, 1.82) is 0 Å². The Morgan fingerprint density at radius 1 is 1.22 bits per heavy atom. The average molecular weight is 244 g/mol. The zero-order valence-electron chi connectivity index (χ0n) is 11.2. The molecule has 1 aliphatic heterocycles. The summed E-state index contributed by atoms with van der Waals surface area (Å²) in [5.41, 5.74) is 2.74. The molecule has 0 unspecified atom stereocenters. The highest BCUT2D eigenvalue weighted by Crippen LogP contribution is 2.21. The first-order valence-electron chi connectivity index (χ1n) is 7.16. The molecule has 0 aliphatic carbocycles. The highest BCUT2D eigenvalue weighted by atomic mass is 15.3.